The van der Waals surface area contributed by atoms with Gasteiger partial charge in [0.25, 0.3) is 0 Å². The molecule has 0 bridgehead atoms. The Morgan fingerprint density at radius 1 is 1.05 bits per heavy atom. The molecule has 9 nitrogen and oxygen atoms in total. The lowest BCUT2D eigenvalue weighted by Crippen LogP contribution is -2.58. The Hall–Kier alpha value is -1.88. The Morgan fingerprint density at radius 3 is 2.57 bits per heavy atom. The van der Waals surface area contributed by atoms with Gasteiger partial charge in [-0.25, -0.2) is 0 Å². The van der Waals surface area contributed by atoms with Crippen LogP contribution in [0.2, 0.25) is 0 Å². The van der Waals surface area contributed by atoms with Crippen molar-refractivity contribution in [2.24, 2.45) is 35.5 Å². The van der Waals surface area contributed by atoms with Crippen LogP contribution in [-0.2, 0) is 28.5 Å². The first-order valence-corrected chi connectivity index (χ1v) is 15.8. The van der Waals surface area contributed by atoms with E-state index in [1.165, 1.54) is 7.11 Å². The molecule has 0 amide bonds. The first kappa shape index (κ1) is 31.5. The van der Waals surface area contributed by atoms with Gasteiger partial charge in [0.15, 0.2) is 12.1 Å². The number of ether oxygens (including phenoxy) is 4. The molecule has 0 spiro atoms. The van der Waals surface area contributed by atoms with Gasteiger partial charge in [0, 0.05) is 18.9 Å². The minimum atomic E-state index is -1.12. The van der Waals surface area contributed by atoms with Crippen LogP contribution in [0.1, 0.15) is 65.7 Å². The normalized spacial score (nSPS) is 46.3. The zero-order valence-electron chi connectivity index (χ0n) is 25.2. The number of hydrogen-bond acceptors (Lipinski definition) is 9. The Labute approximate surface area is 248 Å². The maximum atomic E-state index is 13.8. The van der Waals surface area contributed by atoms with Crippen LogP contribution in [0.5, 0.6) is 0 Å². The molecule has 3 aliphatic carbocycles. The molecule has 2 aliphatic heterocycles. The molecule has 0 aromatic rings. The summed E-state index contributed by atoms with van der Waals surface area (Å²) in [6.07, 6.45) is 8.96. The van der Waals surface area contributed by atoms with Gasteiger partial charge in [-0.3, -0.25) is 9.59 Å². The summed E-state index contributed by atoms with van der Waals surface area (Å²) < 4.78 is 23.3. The van der Waals surface area contributed by atoms with Crippen molar-refractivity contribution in [1.29, 1.82) is 0 Å². The summed E-state index contributed by atoms with van der Waals surface area (Å²) in [7, 11) is 1.45. The second-order valence-corrected chi connectivity index (χ2v) is 12.9. The van der Waals surface area contributed by atoms with Crippen molar-refractivity contribution in [2.75, 3.05) is 7.11 Å². The van der Waals surface area contributed by atoms with E-state index in [4.69, 9.17) is 18.9 Å². The molecule has 0 aromatic heterocycles. The van der Waals surface area contributed by atoms with Gasteiger partial charge in [-0.15, -0.1) is 0 Å². The number of allylic oxidation sites excluding steroid dienone is 5. The number of esters is 1. The number of hydrogen-bond donors (Lipinski definition) is 3. The predicted octanol–water partition coefficient (Wildman–Crippen LogP) is 3.26. The third-order valence-corrected chi connectivity index (χ3v) is 10.3. The van der Waals surface area contributed by atoms with E-state index in [2.05, 4.69) is 18.2 Å². The summed E-state index contributed by atoms with van der Waals surface area (Å²) in [6, 6.07) is 0. The Bertz CT molecular complexity index is 1070. The van der Waals surface area contributed by atoms with Crippen LogP contribution in [0.3, 0.4) is 0 Å². The Balaban J connectivity index is 1.34. The van der Waals surface area contributed by atoms with Crippen molar-refractivity contribution in [2.45, 2.75) is 115 Å². The molecule has 1 saturated carbocycles. The molecule has 42 heavy (non-hydrogen) atoms. The lowest BCUT2D eigenvalue weighted by molar-refractivity contribution is -0.307. The largest absolute Gasteiger partial charge is 0.458 e. The highest BCUT2D eigenvalue weighted by atomic mass is 16.7. The van der Waals surface area contributed by atoms with E-state index in [1.54, 1.807) is 13.8 Å². The van der Waals surface area contributed by atoms with Crippen molar-refractivity contribution in [3.05, 3.63) is 36.0 Å². The molecule has 2 heterocycles. The van der Waals surface area contributed by atoms with E-state index in [0.29, 0.717) is 31.3 Å². The number of fused-ring (bicyclic) bond motifs is 5. The molecule has 0 radical (unpaired) electrons. The number of methoxy groups -OCH3 is 1. The lowest BCUT2D eigenvalue weighted by atomic mass is 9.70. The van der Waals surface area contributed by atoms with Gasteiger partial charge in [0.2, 0.25) is 0 Å². The van der Waals surface area contributed by atoms with Crippen LogP contribution in [0.25, 0.3) is 0 Å². The van der Waals surface area contributed by atoms with Crippen LogP contribution in [0, 0.1) is 35.5 Å². The molecular formula is C33H48O9. The van der Waals surface area contributed by atoms with Gasteiger partial charge in [0.1, 0.15) is 24.4 Å². The Morgan fingerprint density at radius 2 is 1.83 bits per heavy atom. The van der Waals surface area contributed by atoms with Gasteiger partial charge in [0.05, 0.1) is 24.7 Å². The van der Waals surface area contributed by atoms with E-state index < -0.39 is 42.7 Å². The van der Waals surface area contributed by atoms with Crippen LogP contribution < -0.4 is 0 Å². The average molecular weight is 589 g/mol. The fourth-order valence-corrected chi connectivity index (χ4v) is 7.87. The van der Waals surface area contributed by atoms with Gasteiger partial charge >= 0.3 is 5.97 Å². The van der Waals surface area contributed by atoms with Gasteiger partial charge in [-0.05, 0) is 80.8 Å². The highest BCUT2D eigenvalue weighted by molar-refractivity contribution is 5.99. The van der Waals surface area contributed by atoms with Gasteiger partial charge in [-0.2, -0.15) is 0 Å². The molecule has 5 rings (SSSR count). The molecule has 5 unspecified atom stereocenters. The molecular weight excluding hydrogens is 540 g/mol. The maximum Gasteiger partial charge on any atom is 0.307 e. The van der Waals surface area contributed by atoms with Gasteiger partial charge in [-0.1, -0.05) is 38.2 Å². The number of Topliss-reactive ketones (excluding diaryl/α,β-unsaturated/α-hetero) is 1. The van der Waals surface area contributed by atoms with Gasteiger partial charge < -0.3 is 34.3 Å². The SMILES string of the molecule is CC/C=C/[C@H]1CCC[C@H](O)[C@@H](C)C(=O)C2=CC3C(C=CC4C[C@@H](O[C@@H]5O[C@@H](C)[C@H](O)[C@@H](OC)[C@H]5O)CC43)C2CC(=O)O1. The summed E-state index contributed by atoms with van der Waals surface area (Å²) >= 11 is 0. The number of ketones is 1. The standard InChI is InChI=1S/C33H48O9/c1-5-6-8-20-9-7-10-27(34)17(2)29(36)26-15-24-22(25(26)16-28(35)41-20)12-11-19-13-21(14-23(19)24)42-33-31(38)32(39-4)30(37)18(3)40-33/h6,8,11-12,15,17-25,27,30-34,37-38H,5,7,9-10,13-14,16H2,1-4H3/b8-6+/t17-,18+,19?,20+,21-,22?,23?,24?,25?,27+,30+,31-,32-,33+/m1/s1. The summed E-state index contributed by atoms with van der Waals surface area (Å²) in [5.74, 6) is -0.755. The summed E-state index contributed by atoms with van der Waals surface area (Å²) in [4.78, 5) is 27.0. The molecule has 0 aromatic carbocycles. The summed E-state index contributed by atoms with van der Waals surface area (Å²) in [5, 5.41) is 32.0. The smallest absolute Gasteiger partial charge is 0.307 e. The number of carbonyl (C=O) groups excluding carboxylic acids is 2. The van der Waals surface area contributed by atoms with Crippen molar-refractivity contribution in [3.8, 4) is 0 Å². The number of carbonyl (C=O) groups is 2. The van der Waals surface area contributed by atoms with E-state index in [9.17, 15) is 24.9 Å². The molecule has 3 N–H and O–H groups in total. The minimum absolute atomic E-state index is 0.0158. The highest BCUT2D eigenvalue weighted by Gasteiger charge is 2.52. The summed E-state index contributed by atoms with van der Waals surface area (Å²) in [6.45, 7) is 5.56. The van der Waals surface area contributed by atoms with Crippen LogP contribution in [0.4, 0.5) is 0 Å². The van der Waals surface area contributed by atoms with Crippen molar-refractivity contribution >= 4 is 11.8 Å². The quantitative estimate of drug-likeness (QED) is 0.327. The summed E-state index contributed by atoms with van der Waals surface area (Å²) in [5.41, 5.74) is 0.640. The zero-order chi connectivity index (χ0) is 30.1. The second kappa shape index (κ2) is 13.4. The lowest BCUT2D eigenvalue weighted by Gasteiger charge is -2.41. The topological polar surface area (TPSA) is 132 Å². The monoisotopic (exact) mass is 588 g/mol. The fraction of sp³-hybridized carbons (Fsp3) is 0.758. The van der Waals surface area contributed by atoms with Crippen LogP contribution in [0.15, 0.2) is 36.0 Å². The molecule has 14 atom stereocenters. The predicted molar refractivity (Wildman–Crippen MR) is 154 cm³/mol. The van der Waals surface area contributed by atoms with Crippen LogP contribution >= 0.6 is 0 Å². The van der Waals surface area contributed by atoms with E-state index in [1.807, 2.05) is 19.1 Å². The van der Waals surface area contributed by atoms with E-state index in [0.717, 1.165) is 12.8 Å². The third kappa shape index (κ3) is 6.33. The third-order valence-electron chi connectivity index (χ3n) is 10.3. The number of cyclic esters (lactones) is 1. The highest BCUT2D eigenvalue weighted by Crippen LogP contribution is 2.54. The molecule has 5 aliphatic rings. The maximum absolute atomic E-state index is 13.8. The number of aliphatic hydroxyl groups excluding tert-OH is 3. The van der Waals surface area contributed by atoms with E-state index >= 15 is 0 Å². The van der Waals surface area contributed by atoms with E-state index in [-0.39, 0.29) is 60.0 Å². The molecule has 3 fully saturated rings. The van der Waals surface area contributed by atoms with Crippen molar-refractivity contribution in [1.82, 2.24) is 0 Å². The zero-order valence-corrected chi connectivity index (χ0v) is 25.2. The first-order chi connectivity index (χ1) is 20.1. The number of aliphatic hydroxyl groups is 3. The average Bonchev–Trinajstić information content (AvgIpc) is 3.54. The molecule has 234 valence electrons. The Kier molecular flexibility index (Phi) is 10.1. The first-order valence-electron chi connectivity index (χ1n) is 15.8. The van der Waals surface area contributed by atoms with Crippen LogP contribution in [-0.4, -0.2) is 83.2 Å². The van der Waals surface area contributed by atoms with Crippen molar-refractivity contribution < 1.29 is 43.9 Å². The fourth-order valence-electron chi connectivity index (χ4n) is 7.87. The minimum Gasteiger partial charge on any atom is -0.458 e. The number of rotatable bonds is 5. The molecule has 9 heteroatoms. The molecule has 2 saturated heterocycles. The van der Waals surface area contributed by atoms with Crippen molar-refractivity contribution in [3.63, 3.8) is 0 Å². The second-order valence-electron chi connectivity index (χ2n) is 12.9.